The highest BCUT2D eigenvalue weighted by molar-refractivity contribution is 5.87. The lowest BCUT2D eigenvalue weighted by Gasteiger charge is -2.34. The van der Waals surface area contributed by atoms with E-state index >= 15 is 0 Å². The second-order valence-corrected chi connectivity index (χ2v) is 7.28. The minimum atomic E-state index is -0.471. The van der Waals surface area contributed by atoms with Crippen LogP contribution in [0, 0.1) is 17.8 Å². The SMILES string of the molecule is CCC1C=CC[C@H](C(=O)Oc2ccccc2)C1C(=O)N(C)Cc1ccccc1. The summed E-state index contributed by atoms with van der Waals surface area (Å²) in [5, 5.41) is 0. The third kappa shape index (κ3) is 4.69. The smallest absolute Gasteiger partial charge is 0.315 e. The van der Waals surface area contributed by atoms with Crippen molar-refractivity contribution in [3.05, 3.63) is 78.4 Å². The van der Waals surface area contributed by atoms with Crippen molar-refractivity contribution < 1.29 is 14.3 Å². The zero-order valence-corrected chi connectivity index (χ0v) is 16.5. The van der Waals surface area contributed by atoms with Gasteiger partial charge in [0.15, 0.2) is 0 Å². The van der Waals surface area contributed by atoms with Crippen molar-refractivity contribution in [2.75, 3.05) is 7.05 Å². The molecule has 2 unspecified atom stereocenters. The van der Waals surface area contributed by atoms with E-state index in [0.29, 0.717) is 18.7 Å². The molecule has 2 aromatic carbocycles. The van der Waals surface area contributed by atoms with E-state index in [1.54, 1.807) is 24.1 Å². The molecule has 4 nitrogen and oxygen atoms in total. The molecule has 0 spiro atoms. The molecule has 2 aromatic rings. The lowest BCUT2D eigenvalue weighted by molar-refractivity contribution is -0.150. The predicted octanol–water partition coefficient (Wildman–Crippen LogP) is 4.47. The highest BCUT2D eigenvalue weighted by atomic mass is 16.5. The number of carbonyl (C=O) groups is 2. The van der Waals surface area contributed by atoms with Crippen molar-refractivity contribution in [3.8, 4) is 5.75 Å². The summed E-state index contributed by atoms with van der Waals surface area (Å²) in [4.78, 5) is 27.9. The second-order valence-electron chi connectivity index (χ2n) is 7.28. The molecule has 1 aliphatic rings. The van der Waals surface area contributed by atoms with E-state index in [9.17, 15) is 9.59 Å². The summed E-state index contributed by atoms with van der Waals surface area (Å²) >= 11 is 0. The summed E-state index contributed by atoms with van der Waals surface area (Å²) in [7, 11) is 1.81. The summed E-state index contributed by atoms with van der Waals surface area (Å²) in [6.45, 7) is 2.58. The van der Waals surface area contributed by atoms with Gasteiger partial charge in [-0.1, -0.05) is 67.6 Å². The maximum absolute atomic E-state index is 13.3. The molecule has 0 bridgehead atoms. The number of nitrogens with zero attached hydrogens (tertiary/aromatic N) is 1. The first-order valence-corrected chi connectivity index (χ1v) is 9.82. The highest BCUT2D eigenvalue weighted by Crippen LogP contribution is 2.35. The van der Waals surface area contributed by atoms with Crippen molar-refractivity contribution in [3.63, 3.8) is 0 Å². The fraction of sp³-hybridized carbons (Fsp3) is 0.333. The topological polar surface area (TPSA) is 46.6 Å². The molecule has 0 saturated carbocycles. The maximum atomic E-state index is 13.3. The van der Waals surface area contributed by atoms with Crippen LogP contribution in [-0.4, -0.2) is 23.8 Å². The fourth-order valence-corrected chi connectivity index (χ4v) is 3.82. The van der Waals surface area contributed by atoms with Gasteiger partial charge in [-0.2, -0.15) is 0 Å². The van der Waals surface area contributed by atoms with Gasteiger partial charge in [0.1, 0.15) is 5.75 Å². The molecular formula is C24H27NO3. The number of allylic oxidation sites excluding steroid dienone is 2. The lowest BCUT2D eigenvalue weighted by Crippen LogP contribution is -2.44. The van der Waals surface area contributed by atoms with Gasteiger partial charge in [-0.15, -0.1) is 0 Å². The molecule has 0 aromatic heterocycles. The molecule has 1 aliphatic carbocycles. The molecule has 1 amide bonds. The molecule has 0 aliphatic heterocycles. The van der Waals surface area contributed by atoms with Crippen LogP contribution in [0.1, 0.15) is 25.3 Å². The number of amides is 1. The quantitative estimate of drug-likeness (QED) is 0.424. The van der Waals surface area contributed by atoms with Crippen LogP contribution < -0.4 is 4.74 Å². The first kappa shape index (κ1) is 19.9. The van der Waals surface area contributed by atoms with Crippen LogP contribution in [0.4, 0.5) is 0 Å². The van der Waals surface area contributed by atoms with Gasteiger partial charge in [-0.05, 0) is 36.5 Å². The third-order valence-corrected chi connectivity index (χ3v) is 5.33. The van der Waals surface area contributed by atoms with Crippen LogP contribution in [0.25, 0.3) is 0 Å². The summed E-state index contributed by atoms with van der Waals surface area (Å²) in [6.07, 6.45) is 5.41. The van der Waals surface area contributed by atoms with E-state index in [-0.39, 0.29) is 17.8 Å². The van der Waals surface area contributed by atoms with E-state index < -0.39 is 11.8 Å². The van der Waals surface area contributed by atoms with Crippen LogP contribution >= 0.6 is 0 Å². The number of hydrogen-bond donors (Lipinski definition) is 0. The van der Waals surface area contributed by atoms with E-state index in [0.717, 1.165) is 12.0 Å². The van der Waals surface area contributed by atoms with Crippen molar-refractivity contribution in [1.29, 1.82) is 0 Å². The van der Waals surface area contributed by atoms with Gasteiger partial charge in [0.25, 0.3) is 0 Å². The first-order chi connectivity index (χ1) is 13.6. The number of rotatable bonds is 6. The van der Waals surface area contributed by atoms with Gasteiger partial charge in [-0.25, -0.2) is 0 Å². The van der Waals surface area contributed by atoms with Crippen molar-refractivity contribution in [2.24, 2.45) is 17.8 Å². The number of esters is 1. The molecule has 3 rings (SSSR count). The Morgan fingerprint density at radius 1 is 1.04 bits per heavy atom. The molecule has 3 atom stereocenters. The Bertz CT molecular complexity index is 816. The minimum absolute atomic E-state index is 0.00457. The molecule has 0 radical (unpaired) electrons. The average molecular weight is 377 g/mol. The molecule has 4 heteroatoms. The Morgan fingerprint density at radius 2 is 1.68 bits per heavy atom. The number of hydrogen-bond acceptors (Lipinski definition) is 3. The Balaban J connectivity index is 1.78. The Hall–Kier alpha value is -2.88. The highest BCUT2D eigenvalue weighted by Gasteiger charge is 2.41. The summed E-state index contributed by atoms with van der Waals surface area (Å²) in [6, 6.07) is 18.9. The van der Waals surface area contributed by atoms with Crippen molar-refractivity contribution in [2.45, 2.75) is 26.3 Å². The molecule has 28 heavy (non-hydrogen) atoms. The first-order valence-electron chi connectivity index (χ1n) is 9.82. The number of benzene rings is 2. The second kappa shape index (κ2) is 9.36. The van der Waals surface area contributed by atoms with Gasteiger partial charge < -0.3 is 9.64 Å². The molecule has 0 N–H and O–H groups in total. The van der Waals surface area contributed by atoms with Gasteiger partial charge in [0, 0.05) is 13.6 Å². The standard InChI is InChI=1S/C24H27NO3/c1-3-19-13-10-16-21(24(27)28-20-14-8-5-9-15-20)22(19)23(26)25(2)17-18-11-6-4-7-12-18/h4-15,19,21-22H,3,16-17H2,1-2H3/t19?,21-,22?/m0/s1. The Morgan fingerprint density at radius 3 is 2.32 bits per heavy atom. The molecule has 0 fully saturated rings. The van der Waals surface area contributed by atoms with Gasteiger partial charge in [-0.3, -0.25) is 9.59 Å². The molecular weight excluding hydrogens is 350 g/mol. The maximum Gasteiger partial charge on any atom is 0.315 e. The summed E-state index contributed by atoms with van der Waals surface area (Å²) in [5.41, 5.74) is 1.07. The zero-order valence-electron chi connectivity index (χ0n) is 16.5. The van der Waals surface area contributed by atoms with Gasteiger partial charge in [0.2, 0.25) is 5.91 Å². The van der Waals surface area contributed by atoms with Crippen LogP contribution in [-0.2, 0) is 16.1 Å². The van der Waals surface area contributed by atoms with E-state index in [2.05, 4.69) is 13.0 Å². The van der Waals surface area contributed by atoms with Crippen LogP contribution in [0.2, 0.25) is 0 Å². The molecule has 0 heterocycles. The number of ether oxygens (including phenoxy) is 1. The Labute approximate surface area is 166 Å². The zero-order chi connectivity index (χ0) is 19.9. The monoisotopic (exact) mass is 377 g/mol. The normalized spacial score (nSPS) is 21.1. The minimum Gasteiger partial charge on any atom is -0.426 e. The lowest BCUT2D eigenvalue weighted by atomic mass is 9.74. The van der Waals surface area contributed by atoms with Crippen molar-refractivity contribution in [1.82, 2.24) is 4.90 Å². The largest absolute Gasteiger partial charge is 0.426 e. The number of carbonyl (C=O) groups excluding carboxylic acids is 2. The third-order valence-electron chi connectivity index (χ3n) is 5.33. The van der Waals surface area contributed by atoms with Crippen molar-refractivity contribution >= 4 is 11.9 Å². The Kier molecular flexibility index (Phi) is 6.64. The summed E-state index contributed by atoms with van der Waals surface area (Å²) in [5.74, 6) is -0.664. The molecule has 146 valence electrons. The van der Waals surface area contributed by atoms with E-state index in [1.165, 1.54) is 0 Å². The number of para-hydroxylation sites is 1. The fourth-order valence-electron chi connectivity index (χ4n) is 3.82. The van der Waals surface area contributed by atoms with Crippen LogP contribution in [0.3, 0.4) is 0 Å². The predicted molar refractivity (Wildman–Crippen MR) is 110 cm³/mol. The average Bonchev–Trinajstić information content (AvgIpc) is 2.74. The van der Waals surface area contributed by atoms with Gasteiger partial charge in [0.05, 0.1) is 11.8 Å². The molecule has 0 saturated heterocycles. The van der Waals surface area contributed by atoms with E-state index in [4.69, 9.17) is 4.74 Å². The van der Waals surface area contributed by atoms with Crippen LogP contribution in [0.5, 0.6) is 5.75 Å². The van der Waals surface area contributed by atoms with Gasteiger partial charge >= 0.3 is 5.97 Å². The van der Waals surface area contributed by atoms with E-state index in [1.807, 2.05) is 54.6 Å². The summed E-state index contributed by atoms with van der Waals surface area (Å²) < 4.78 is 5.58. The van der Waals surface area contributed by atoms with Crippen LogP contribution in [0.15, 0.2) is 72.8 Å².